The topological polar surface area (TPSA) is 56.7 Å². The lowest BCUT2D eigenvalue weighted by atomic mass is 10.2. The van der Waals surface area contributed by atoms with Crippen LogP contribution in [0.15, 0.2) is 24.5 Å². The van der Waals surface area contributed by atoms with E-state index in [0.717, 1.165) is 18.2 Å². The van der Waals surface area contributed by atoms with Gasteiger partial charge in [0.15, 0.2) is 5.82 Å². The first kappa shape index (κ1) is 11.7. The minimum atomic E-state index is -0.478. The number of hydrogen-bond acceptors (Lipinski definition) is 3. The predicted octanol–water partition coefficient (Wildman–Crippen LogP) is 1.62. The quantitative estimate of drug-likeness (QED) is 0.884. The third kappa shape index (κ3) is 2.65. The number of hydrogen-bond donors (Lipinski definition) is 1. The maximum Gasteiger partial charge on any atom is 0.166 e. The molecule has 0 bridgehead atoms. The number of nitrogens with two attached hydrogens (primary N) is 1. The molecule has 4 nitrogen and oxygen atoms in total. The lowest BCUT2D eigenvalue weighted by molar-refractivity contribution is 0.563. The Morgan fingerprint density at radius 2 is 2.18 bits per heavy atom. The first-order chi connectivity index (χ1) is 8.06. The van der Waals surface area contributed by atoms with Gasteiger partial charge in [-0.25, -0.2) is 18.4 Å². The molecule has 17 heavy (non-hydrogen) atoms. The summed E-state index contributed by atoms with van der Waals surface area (Å²) in [5, 5.41) is 4.07. The minimum Gasteiger partial charge on any atom is -0.321 e. The molecule has 6 heteroatoms. The van der Waals surface area contributed by atoms with Crippen LogP contribution >= 0.6 is 0 Å². The van der Waals surface area contributed by atoms with Crippen molar-refractivity contribution in [3.05, 3.63) is 47.5 Å². The lowest BCUT2D eigenvalue weighted by Crippen LogP contribution is -2.09. The van der Waals surface area contributed by atoms with Crippen molar-refractivity contribution in [2.45, 2.75) is 19.5 Å². The molecule has 2 aromatic rings. The summed E-state index contributed by atoms with van der Waals surface area (Å²) in [7, 11) is 0. The minimum absolute atomic E-state index is 0.128. The third-order valence-electron chi connectivity index (χ3n) is 2.30. The van der Waals surface area contributed by atoms with Crippen molar-refractivity contribution in [2.75, 3.05) is 0 Å². The largest absolute Gasteiger partial charge is 0.321 e. The SMILES string of the molecule is CC(N)c1ncn(Cc2cc(F)ccc2F)n1. The van der Waals surface area contributed by atoms with E-state index in [0.29, 0.717) is 5.82 Å². The Kier molecular flexibility index (Phi) is 3.14. The van der Waals surface area contributed by atoms with Crippen molar-refractivity contribution >= 4 is 0 Å². The van der Waals surface area contributed by atoms with Gasteiger partial charge in [-0.2, -0.15) is 5.10 Å². The monoisotopic (exact) mass is 238 g/mol. The molecular weight excluding hydrogens is 226 g/mol. The second kappa shape index (κ2) is 4.58. The van der Waals surface area contributed by atoms with Crippen LogP contribution in [-0.4, -0.2) is 14.8 Å². The van der Waals surface area contributed by atoms with Gasteiger partial charge >= 0.3 is 0 Å². The molecular formula is C11H12F2N4. The predicted molar refractivity (Wildman–Crippen MR) is 58.1 cm³/mol. The van der Waals surface area contributed by atoms with Gasteiger partial charge in [-0.05, 0) is 25.1 Å². The average molecular weight is 238 g/mol. The highest BCUT2D eigenvalue weighted by Gasteiger charge is 2.08. The molecule has 90 valence electrons. The molecule has 1 aromatic heterocycles. The normalized spacial score (nSPS) is 12.7. The molecule has 0 saturated carbocycles. The van der Waals surface area contributed by atoms with Gasteiger partial charge in [-0.1, -0.05) is 0 Å². The van der Waals surface area contributed by atoms with Gasteiger partial charge in [-0.3, -0.25) is 0 Å². The van der Waals surface area contributed by atoms with Gasteiger partial charge < -0.3 is 5.73 Å². The second-order valence-corrected chi connectivity index (χ2v) is 3.82. The molecule has 2 N–H and O–H groups in total. The Morgan fingerprint density at radius 1 is 1.41 bits per heavy atom. The van der Waals surface area contributed by atoms with Gasteiger partial charge in [0.1, 0.15) is 18.0 Å². The number of halogens is 2. The number of aromatic nitrogens is 3. The van der Waals surface area contributed by atoms with Crippen LogP contribution in [-0.2, 0) is 6.54 Å². The van der Waals surface area contributed by atoms with E-state index in [-0.39, 0.29) is 18.2 Å². The Balaban J connectivity index is 2.22. The van der Waals surface area contributed by atoms with Gasteiger partial charge in [0.2, 0.25) is 0 Å². The highest BCUT2D eigenvalue weighted by Crippen LogP contribution is 2.11. The molecule has 1 unspecified atom stereocenters. The van der Waals surface area contributed by atoms with E-state index in [1.807, 2.05) is 0 Å². The molecule has 0 radical (unpaired) electrons. The van der Waals surface area contributed by atoms with Crippen LogP contribution in [0.2, 0.25) is 0 Å². The van der Waals surface area contributed by atoms with Crippen LogP contribution in [0.1, 0.15) is 24.4 Å². The van der Waals surface area contributed by atoms with Crippen molar-refractivity contribution in [3.63, 3.8) is 0 Å². The highest BCUT2D eigenvalue weighted by molar-refractivity contribution is 5.18. The van der Waals surface area contributed by atoms with Gasteiger partial charge in [0.05, 0.1) is 12.6 Å². The number of benzene rings is 1. The van der Waals surface area contributed by atoms with Crippen LogP contribution in [0, 0.1) is 11.6 Å². The van der Waals surface area contributed by atoms with E-state index in [9.17, 15) is 8.78 Å². The maximum absolute atomic E-state index is 13.4. The van der Waals surface area contributed by atoms with Crippen LogP contribution in [0.25, 0.3) is 0 Å². The Bertz CT molecular complexity index is 522. The number of rotatable bonds is 3. The van der Waals surface area contributed by atoms with Crippen molar-refractivity contribution in [2.24, 2.45) is 5.73 Å². The molecule has 1 aromatic carbocycles. The summed E-state index contributed by atoms with van der Waals surface area (Å²) >= 11 is 0. The fourth-order valence-corrected chi connectivity index (χ4v) is 1.43. The first-order valence-corrected chi connectivity index (χ1v) is 5.15. The molecule has 0 aliphatic heterocycles. The molecule has 0 saturated heterocycles. The summed E-state index contributed by atoms with van der Waals surface area (Å²) in [4.78, 5) is 3.97. The molecule has 1 heterocycles. The third-order valence-corrected chi connectivity index (χ3v) is 2.30. The van der Waals surface area contributed by atoms with Gasteiger partial charge in [0, 0.05) is 5.56 Å². The van der Waals surface area contributed by atoms with E-state index in [1.165, 1.54) is 11.0 Å². The summed E-state index contributed by atoms with van der Waals surface area (Å²) in [6.45, 7) is 1.88. The van der Waals surface area contributed by atoms with Crippen molar-refractivity contribution < 1.29 is 8.78 Å². The van der Waals surface area contributed by atoms with Crippen LogP contribution in [0.3, 0.4) is 0 Å². The fraction of sp³-hybridized carbons (Fsp3) is 0.273. The maximum atomic E-state index is 13.4. The van der Waals surface area contributed by atoms with E-state index >= 15 is 0 Å². The molecule has 0 aliphatic rings. The van der Waals surface area contributed by atoms with Crippen LogP contribution < -0.4 is 5.73 Å². The van der Waals surface area contributed by atoms with Crippen molar-refractivity contribution in [3.8, 4) is 0 Å². The average Bonchev–Trinajstić information content (AvgIpc) is 2.72. The van der Waals surface area contributed by atoms with E-state index in [1.54, 1.807) is 6.92 Å². The molecule has 2 rings (SSSR count). The molecule has 0 aliphatic carbocycles. The van der Waals surface area contributed by atoms with E-state index in [2.05, 4.69) is 10.1 Å². The molecule has 0 spiro atoms. The Hall–Kier alpha value is -1.82. The summed E-state index contributed by atoms with van der Waals surface area (Å²) in [6, 6.07) is 3.03. The molecule has 0 amide bonds. The van der Waals surface area contributed by atoms with Gasteiger partial charge in [-0.15, -0.1) is 0 Å². The summed E-state index contributed by atoms with van der Waals surface area (Å²) in [5.41, 5.74) is 5.83. The summed E-state index contributed by atoms with van der Waals surface area (Å²) in [5.74, 6) is -0.472. The highest BCUT2D eigenvalue weighted by atomic mass is 19.1. The fourth-order valence-electron chi connectivity index (χ4n) is 1.43. The van der Waals surface area contributed by atoms with Crippen molar-refractivity contribution in [1.82, 2.24) is 14.8 Å². The summed E-state index contributed by atoms with van der Waals surface area (Å²) < 4.78 is 27.7. The zero-order valence-electron chi connectivity index (χ0n) is 9.27. The first-order valence-electron chi connectivity index (χ1n) is 5.15. The van der Waals surface area contributed by atoms with E-state index in [4.69, 9.17) is 5.73 Å². The van der Waals surface area contributed by atoms with Crippen LogP contribution in [0.5, 0.6) is 0 Å². The van der Waals surface area contributed by atoms with E-state index < -0.39 is 11.6 Å². The zero-order chi connectivity index (χ0) is 12.4. The smallest absolute Gasteiger partial charge is 0.166 e. The van der Waals surface area contributed by atoms with Crippen molar-refractivity contribution in [1.29, 1.82) is 0 Å². The molecule has 0 fully saturated rings. The molecule has 1 atom stereocenters. The summed E-state index contributed by atoms with van der Waals surface area (Å²) in [6.07, 6.45) is 1.45. The standard InChI is InChI=1S/C11H12F2N4/c1-7(14)11-15-6-17(16-11)5-8-4-9(12)2-3-10(8)13/h2-4,6-7H,5,14H2,1H3. The number of nitrogens with zero attached hydrogens (tertiary/aromatic N) is 3. The Labute approximate surface area is 97.1 Å². The van der Waals surface area contributed by atoms with Crippen LogP contribution in [0.4, 0.5) is 8.78 Å². The lowest BCUT2D eigenvalue weighted by Gasteiger charge is -2.03. The zero-order valence-corrected chi connectivity index (χ0v) is 9.27. The second-order valence-electron chi connectivity index (χ2n) is 3.82. The van der Waals surface area contributed by atoms with Gasteiger partial charge in [0.25, 0.3) is 0 Å². The Morgan fingerprint density at radius 3 is 2.82 bits per heavy atom.